The van der Waals surface area contributed by atoms with E-state index in [1.807, 2.05) is 11.3 Å². The molecule has 1 aromatic heterocycles. The SMILES string of the molecule is CCNCc1ccc(COC2CCC2)s1. The molecule has 1 N–H and O–H groups in total. The Bertz CT molecular complexity index is 294. The number of hydrogen-bond acceptors (Lipinski definition) is 3. The summed E-state index contributed by atoms with van der Waals surface area (Å²) < 4.78 is 5.77. The Morgan fingerprint density at radius 2 is 2.20 bits per heavy atom. The summed E-state index contributed by atoms with van der Waals surface area (Å²) in [5.74, 6) is 0. The fourth-order valence-corrected chi connectivity index (χ4v) is 2.49. The van der Waals surface area contributed by atoms with Crippen molar-refractivity contribution in [3.8, 4) is 0 Å². The van der Waals surface area contributed by atoms with Crippen molar-refractivity contribution >= 4 is 11.3 Å². The maximum atomic E-state index is 5.77. The zero-order valence-electron chi connectivity index (χ0n) is 9.29. The molecule has 0 radical (unpaired) electrons. The molecule has 1 heterocycles. The van der Waals surface area contributed by atoms with Gasteiger partial charge in [0.25, 0.3) is 0 Å². The summed E-state index contributed by atoms with van der Waals surface area (Å²) in [6.07, 6.45) is 4.41. The predicted molar refractivity (Wildman–Crippen MR) is 64.1 cm³/mol. The van der Waals surface area contributed by atoms with Crippen molar-refractivity contribution in [3.63, 3.8) is 0 Å². The van der Waals surface area contributed by atoms with Crippen LogP contribution in [-0.2, 0) is 17.9 Å². The first-order valence-electron chi connectivity index (χ1n) is 5.78. The van der Waals surface area contributed by atoms with Crippen molar-refractivity contribution in [1.82, 2.24) is 5.32 Å². The highest BCUT2D eigenvalue weighted by Crippen LogP contribution is 2.25. The molecule has 0 aromatic carbocycles. The number of nitrogens with one attached hydrogen (secondary N) is 1. The van der Waals surface area contributed by atoms with Crippen LogP contribution in [0.5, 0.6) is 0 Å². The Morgan fingerprint density at radius 1 is 1.40 bits per heavy atom. The number of hydrogen-bond donors (Lipinski definition) is 1. The smallest absolute Gasteiger partial charge is 0.0813 e. The van der Waals surface area contributed by atoms with Gasteiger partial charge in [-0.2, -0.15) is 0 Å². The Hall–Kier alpha value is -0.380. The van der Waals surface area contributed by atoms with E-state index in [1.165, 1.54) is 29.0 Å². The van der Waals surface area contributed by atoms with Gasteiger partial charge in [-0.1, -0.05) is 6.92 Å². The monoisotopic (exact) mass is 225 g/mol. The van der Waals surface area contributed by atoms with Gasteiger partial charge in [0.1, 0.15) is 0 Å². The topological polar surface area (TPSA) is 21.3 Å². The molecule has 0 atom stereocenters. The van der Waals surface area contributed by atoms with E-state index in [0.717, 1.165) is 19.7 Å². The second-order valence-corrected chi connectivity index (χ2v) is 5.27. The van der Waals surface area contributed by atoms with Crippen LogP contribution in [0.4, 0.5) is 0 Å². The lowest BCUT2D eigenvalue weighted by molar-refractivity contribution is -0.00744. The number of ether oxygens (including phenoxy) is 1. The largest absolute Gasteiger partial charge is 0.373 e. The van der Waals surface area contributed by atoms with Crippen molar-refractivity contribution in [1.29, 1.82) is 0 Å². The fraction of sp³-hybridized carbons (Fsp3) is 0.667. The van der Waals surface area contributed by atoms with Crippen LogP contribution in [0.15, 0.2) is 12.1 Å². The first kappa shape index (κ1) is 11.1. The number of rotatable bonds is 6. The maximum Gasteiger partial charge on any atom is 0.0813 e. The second kappa shape index (κ2) is 5.64. The molecule has 0 spiro atoms. The lowest BCUT2D eigenvalue weighted by atomic mass is 9.96. The van der Waals surface area contributed by atoms with Crippen molar-refractivity contribution in [2.75, 3.05) is 6.54 Å². The minimum absolute atomic E-state index is 0.546. The predicted octanol–water partition coefficient (Wildman–Crippen LogP) is 2.93. The van der Waals surface area contributed by atoms with Crippen LogP contribution in [0.3, 0.4) is 0 Å². The van der Waals surface area contributed by atoms with Gasteiger partial charge < -0.3 is 10.1 Å². The van der Waals surface area contributed by atoms with Crippen molar-refractivity contribution in [3.05, 3.63) is 21.9 Å². The zero-order chi connectivity index (χ0) is 10.5. The normalized spacial score (nSPS) is 16.6. The molecule has 1 aromatic rings. The average Bonchev–Trinajstić information content (AvgIpc) is 2.60. The third-order valence-corrected chi connectivity index (χ3v) is 3.84. The summed E-state index contributed by atoms with van der Waals surface area (Å²) in [7, 11) is 0. The van der Waals surface area contributed by atoms with E-state index >= 15 is 0 Å². The molecule has 0 aliphatic heterocycles. The van der Waals surface area contributed by atoms with Crippen molar-refractivity contribution in [2.24, 2.45) is 0 Å². The zero-order valence-corrected chi connectivity index (χ0v) is 10.1. The fourth-order valence-electron chi connectivity index (χ4n) is 1.58. The van der Waals surface area contributed by atoms with E-state index in [-0.39, 0.29) is 0 Å². The molecule has 1 aliphatic rings. The molecule has 1 aliphatic carbocycles. The van der Waals surface area contributed by atoms with Crippen LogP contribution in [0, 0.1) is 0 Å². The summed E-state index contributed by atoms with van der Waals surface area (Å²) in [4.78, 5) is 2.76. The minimum atomic E-state index is 0.546. The standard InChI is InChI=1S/C12H19NOS/c1-2-13-8-11-6-7-12(15-11)9-14-10-4-3-5-10/h6-7,10,13H,2-5,8-9H2,1H3. The Kier molecular flexibility index (Phi) is 4.18. The van der Waals surface area contributed by atoms with Crippen molar-refractivity contribution in [2.45, 2.75) is 45.4 Å². The van der Waals surface area contributed by atoms with Gasteiger partial charge in [0.15, 0.2) is 0 Å². The molecule has 0 amide bonds. The minimum Gasteiger partial charge on any atom is -0.373 e. The van der Waals surface area contributed by atoms with Crippen LogP contribution in [-0.4, -0.2) is 12.6 Å². The molecule has 1 fully saturated rings. The molecule has 2 rings (SSSR count). The summed E-state index contributed by atoms with van der Waals surface area (Å²) in [6.45, 7) is 4.96. The van der Waals surface area contributed by atoms with E-state index in [0.29, 0.717) is 6.10 Å². The lowest BCUT2D eigenvalue weighted by Gasteiger charge is -2.25. The quantitative estimate of drug-likeness (QED) is 0.803. The molecule has 84 valence electrons. The first-order valence-corrected chi connectivity index (χ1v) is 6.60. The Balaban J connectivity index is 1.73. The number of thiophene rings is 1. The van der Waals surface area contributed by atoms with Gasteiger partial charge in [0.05, 0.1) is 12.7 Å². The molecule has 2 nitrogen and oxygen atoms in total. The van der Waals surface area contributed by atoms with Crippen LogP contribution in [0.1, 0.15) is 35.9 Å². The average molecular weight is 225 g/mol. The van der Waals surface area contributed by atoms with Gasteiger partial charge in [0, 0.05) is 16.3 Å². The Labute approximate surface area is 95.6 Å². The summed E-state index contributed by atoms with van der Waals surface area (Å²) in [5, 5.41) is 3.33. The van der Waals surface area contributed by atoms with E-state index in [9.17, 15) is 0 Å². The van der Waals surface area contributed by atoms with Crippen molar-refractivity contribution < 1.29 is 4.74 Å². The molecule has 15 heavy (non-hydrogen) atoms. The second-order valence-electron chi connectivity index (χ2n) is 4.01. The molecular formula is C12H19NOS. The maximum absolute atomic E-state index is 5.77. The van der Waals surface area contributed by atoms with Gasteiger partial charge in [0.2, 0.25) is 0 Å². The van der Waals surface area contributed by atoms with Crippen LogP contribution < -0.4 is 5.32 Å². The van der Waals surface area contributed by atoms with E-state index < -0.39 is 0 Å². The highest BCUT2D eigenvalue weighted by Gasteiger charge is 2.17. The lowest BCUT2D eigenvalue weighted by Crippen LogP contribution is -2.20. The molecular weight excluding hydrogens is 206 g/mol. The third-order valence-electron chi connectivity index (χ3n) is 2.78. The van der Waals surface area contributed by atoms with Crippen LogP contribution in [0.2, 0.25) is 0 Å². The van der Waals surface area contributed by atoms with Crippen LogP contribution in [0.25, 0.3) is 0 Å². The Morgan fingerprint density at radius 3 is 2.87 bits per heavy atom. The summed E-state index contributed by atoms with van der Waals surface area (Å²) >= 11 is 1.86. The van der Waals surface area contributed by atoms with E-state index in [2.05, 4.69) is 24.4 Å². The molecule has 1 saturated carbocycles. The van der Waals surface area contributed by atoms with Gasteiger partial charge in [-0.05, 0) is 37.9 Å². The van der Waals surface area contributed by atoms with Crippen LogP contribution >= 0.6 is 11.3 Å². The first-order chi connectivity index (χ1) is 7.38. The molecule has 3 heteroatoms. The van der Waals surface area contributed by atoms with Gasteiger partial charge in [-0.25, -0.2) is 0 Å². The van der Waals surface area contributed by atoms with Gasteiger partial charge in [-0.15, -0.1) is 11.3 Å². The molecule has 0 saturated heterocycles. The summed E-state index contributed by atoms with van der Waals surface area (Å²) in [5.41, 5.74) is 0. The van der Waals surface area contributed by atoms with E-state index in [1.54, 1.807) is 0 Å². The van der Waals surface area contributed by atoms with E-state index in [4.69, 9.17) is 4.74 Å². The highest BCUT2D eigenvalue weighted by molar-refractivity contribution is 7.11. The summed E-state index contributed by atoms with van der Waals surface area (Å²) in [6, 6.07) is 4.39. The molecule has 0 bridgehead atoms. The van der Waals surface area contributed by atoms with Gasteiger partial charge in [-0.3, -0.25) is 0 Å². The molecule has 0 unspecified atom stereocenters. The highest BCUT2D eigenvalue weighted by atomic mass is 32.1. The van der Waals surface area contributed by atoms with Gasteiger partial charge >= 0.3 is 0 Å². The third kappa shape index (κ3) is 3.30.